The van der Waals surface area contributed by atoms with Gasteiger partial charge in [0.25, 0.3) is 0 Å². The molecule has 1 heterocycles. The normalized spacial score (nSPS) is 20.2. The van der Waals surface area contributed by atoms with Gasteiger partial charge in [0, 0.05) is 13.1 Å². The topological polar surface area (TPSA) is 90.3 Å². The first-order chi connectivity index (χ1) is 9.37. The summed E-state index contributed by atoms with van der Waals surface area (Å²) in [4.78, 5) is 11.5. The van der Waals surface area contributed by atoms with Crippen LogP contribution in [0.2, 0.25) is 5.02 Å². The van der Waals surface area contributed by atoms with E-state index in [-0.39, 0.29) is 34.5 Å². The maximum atomic E-state index is 12.5. The number of sulfonamides is 1. The molecule has 1 fully saturated rings. The molecule has 20 heavy (non-hydrogen) atoms. The third-order valence-electron chi connectivity index (χ3n) is 3.11. The van der Waals surface area contributed by atoms with Crippen molar-refractivity contribution in [3.63, 3.8) is 0 Å². The summed E-state index contributed by atoms with van der Waals surface area (Å²) in [6.07, 6.45) is 0. The Bertz CT molecular complexity index is 696. The summed E-state index contributed by atoms with van der Waals surface area (Å²) in [6.45, 7) is 2.00. The Labute approximate surface area is 122 Å². The van der Waals surface area contributed by atoms with E-state index in [0.29, 0.717) is 0 Å². The van der Waals surface area contributed by atoms with Crippen molar-refractivity contribution in [2.24, 2.45) is 0 Å². The van der Waals surface area contributed by atoms with Crippen molar-refractivity contribution >= 4 is 27.5 Å². The van der Waals surface area contributed by atoms with Crippen molar-refractivity contribution in [2.45, 2.75) is 17.9 Å². The second kappa shape index (κ2) is 5.40. The Morgan fingerprint density at radius 1 is 1.50 bits per heavy atom. The highest BCUT2D eigenvalue weighted by atomic mass is 35.5. The van der Waals surface area contributed by atoms with Gasteiger partial charge in [-0.25, -0.2) is 8.42 Å². The fourth-order valence-electron chi connectivity index (χ4n) is 1.97. The standard InChI is InChI=1S/C12H12ClN3O3S/c1-8-12(17)15-4-5-16(8)20(18,19)10-3-2-9(7-14)11(13)6-10/h2-3,6,8H,4-5H2,1H3,(H,15,17). The van der Waals surface area contributed by atoms with Crippen LogP contribution in [-0.4, -0.2) is 37.8 Å². The average Bonchev–Trinajstić information content (AvgIpc) is 2.41. The Morgan fingerprint density at radius 2 is 2.20 bits per heavy atom. The fraction of sp³-hybridized carbons (Fsp3) is 0.333. The van der Waals surface area contributed by atoms with Crippen molar-refractivity contribution in [3.8, 4) is 6.07 Å². The number of carbonyl (C=O) groups excluding carboxylic acids is 1. The van der Waals surface area contributed by atoms with Crippen molar-refractivity contribution in [2.75, 3.05) is 13.1 Å². The first-order valence-electron chi connectivity index (χ1n) is 5.87. The third-order valence-corrected chi connectivity index (χ3v) is 5.39. The van der Waals surface area contributed by atoms with Gasteiger partial charge in [-0.1, -0.05) is 11.6 Å². The molecule has 1 aromatic rings. The molecule has 2 rings (SSSR count). The first kappa shape index (κ1) is 14.8. The van der Waals surface area contributed by atoms with Crippen molar-refractivity contribution in [3.05, 3.63) is 28.8 Å². The lowest BCUT2D eigenvalue weighted by Crippen LogP contribution is -2.55. The van der Waals surface area contributed by atoms with Crippen LogP contribution in [0.5, 0.6) is 0 Å². The maximum Gasteiger partial charge on any atom is 0.243 e. The molecule has 1 N–H and O–H groups in total. The highest BCUT2D eigenvalue weighted by Crippen LogP contribution is 2.24. The smallest absolute Gasteiger partial charge is 0.243 e. The quantitative estimate of drug-likeness (QED) is 0.871. The second-order valence-electron chi connectivity index (χ2n) is 4.34. The number of rotatable bonds is 2. The molecule has 1 unspecified atom stereocenters. The average molecular weight is 314 g/mol. The van der Waals surface area contributed by atoms with Gasteiger partial charge in [0.05, 0.1) is 15.5 Å². The van der Waals surface area contributed by atoms with Gasteiger partial charge in [-0.3, -0.25) is 4.79 Å². The van der Waals surface area contributed by atoms with Crippen LogP contribution in [-0.2, 0) is 14.8 Å². The number of halogens is 1. The number of nitrogens with one attached hydrogen (secondary N) is 1. The Kier molecular flexibility index (Phi) is 3.99. The van der Waals surface area contributed by atoms with E-state index >= 15 is 0 Å². The Balaban J connectivity index is 2.42. The molecule has 1 aromatic carbocycles. The summed E-state index contributed by atoms with van der Waals surface area (Å²) < 4.78 is 26.1. The zero-order valence-corrected chi connectivity index (χ0v) is 12.2. The van der Waals surface area contributed by atoms with E-state index in [2.05, 4.69) is 5.32 Å². The highest BCUT2D eigenvalue weighted by molar-refractivity contribution is 7.89. The molecule has 1 amide bonds. The van der Waals surface area contributed by atoms with E-state index in [4.69, 9.17) is 16.9 Å². The van der Waals surface area contributed by atoms with Crippen LogP contribution in [0.25, 0.3) is 0 Å². The Morgan fingerprint density at radius 3 is 2.80 bits per heavy atom. The number of piperazine rings is 1. The predicted octanol–water partition coefficient (Wildman–Crippen LogP) is 0.721. The molecule has 1 atom stereocenters. The van der Waals surface area contributed by atoms with Crippen LogP contribution in [0.1, 0.15) is 12.5 Å². The molecular weight excluding hydrogens is 302 g/mol. The van der Waals surface area contributed by atoms with Gasteiger partial charge in [-0.15, -0.1) is 0 Å². The minimum absolute atomic E-state index is 0.0250. The van der Waals surface area contributed by atoms with E-state index in [1.807, 2.05) is 6.07 Å². The SMILES string of the molecule is CC1C(=O)NCCN1S(=O)(=O)c1ccc(C#N)c(Cl)c1. The highest BCUT2D eigenvalue weighted by Gasteiger charge is 2.35. The molecule has 0 radical (unpaired) electrons. The molecule has 0 aromatic heterocycles. The van der Waals surface area contributed by atoms with E-state index in [1.54, 1.807) is 0 Å². The van der Waals surface area contributed by atoms with Crippen molar-refractivity contribution < 1.29 is 13.2 Å². The summed E-state index contributed by atoms with van der Waals surface area (Å²) in [5.74, 6) is -0.334. The molecular formula is C12H12ClN3O3S. The van der Waals surface area contributed by atoms with Gasteiger partial charge in [-0.2, -0.15) is 9.57 Å². The van der Waals surface area contributed by atoms with Crippen LogP contribution >= 0.6 is 11.6 Å². The first-order valence-corrected chi connectivity index (χ1v) is 7.69. The molecule has 0 aliphatic carbocycles. The van der Waals surface area contributed by atoms with Gasteiger partial charge in [0.15, 0.2) is 0 Å². The predicted molar refractivity (Wildman–Crippen MR) is 72.5 cm³/mol. The monoisotopic (exact) mass is 313 g/mol. The number of carbonyl (C=O) groups is 1. The molecule has 1 saturated heterocycles. The lowest BCUT2D eigenvalue weighted by molar-refractivity contribution is -0.126. The van der Waals surface area contributed by atoms with Crippen molar-refractivity contribution in [1.82, 2.24) is 9.62 Å². The van der Waals surface area contributed by atoms with E-state index in [9.17, 15) is 13.2 Å². The number of benzene rings is 1. The van der Waals surface area contributed by atoms with Crippen LogP contribution < -0.4 is 5.32 Å². The summed E-state index contributed by atoms with van der Waals surface area (Å²) in [6, 6.07) is 4.99. The molecule has 8 heteroatoms. The van der Waals surface area contributed by atoms with Gasteiger partial charge in [0.1, 0.15) is 12.1 Å². The van der Waals surface area contributed by atoms with Crippen LogP contribution in [0, 0.1) is 11.3 Å². The van der Waals surface area contributed by atoms with Crippen LogP contribution in [0.15, 0.2) is 23.1 Å². The van der Waals surface area contributed by atoms with Gasteiger partial charge in [0.2, 0.25) is 15.9 Å². The number of nitrogens with zero attached hydrogens (tertiary/aromatic N) is 2. The summed E-state index contributed by atoms with van der Waals surface area (Å²) in [7, 11) is -3.81. The number of nitriles is 1. The van der Waals surface area contributed by atoms with Crippen LogP contribution in [0.4, 0.5) is 0 Å². The number of hydrogen-bond donors (Lipinski definition) is 1. The minimum atomic E-state index is -3.81. The minimum Gasteiger partial charge on any atom is -0.353 e. The van der Waals surface area contributed by atoms with Gasteiger partial charge >= 0.3 is 0 Å². The third kappa shape index (κ3) is 2.50. The Hall–Kier alpha value is -1.62. The zero-order chi connectivity index (χ0) is 14.9. The van der Waals surface area contributed by atoms with E-state index in [0.717, 1.165) is 4.31 Å². The number of hydrogen-bond acceptors (Lipinski definition) is 4. The van der Waals surface area contributed by atoms with E-state index in [1.165, 1.54) is 25.1 Å². The van der Waals surface area contributed by atoms with Crippen LogP contribution in [0.3, 0.4) is 0 Å². The molecule has 1 aliphatic rings. The summed E-state index contributed by atoms with van der Waals surface area (Å²) in [5, 5.41) is 11.5. The fourth-order valence-corrected chi connectivity index (χ4v) is 3.88. The van der Waals surface area contributed by atoms with Gasteiger partial charge in [-0.05, 0) is 25.1 Å². The molecule has 0 bridgehead atoms. The summed E-state index contributed by atoms with van der Waals surface area (Å²) in [5.41, 5.74) is 0.204. The number of amides is 1. The lowest BCUT2D eigenvalue weighted by Gasteiger charge is -2.31. The zero-order valence-electron chi connectivity index (χ0n) is 10.6. The largest absolute Gasteiger partial charge is 0.353 e. The van der Waals surface area contributed by atoms with Gasteiger partial charge < -0.3 is 5.32 Å². The maximum absolute atomic E-state index is 12.5. The lowest BCUT2D eigenvalue weighted by atomic mass is 10.2. The summed E-state index contributed by atoms with van der Waals surface area (Å²) >= 11 is 5.85. The second-order valence-corrected chi connectivity index (χ2v) is 6.63. The molecule has 6 nitrogen and oxygen atoms in total. The molecule has 0 spiro atoms. The van der Waals surface area contributed by atoms with Crippen molar-refractivity contribution in [1.29, 1.82) is 5.26 Å². The molecule has 0 saturated carbocycles. The molecule has 1 aliphatic heterocycles. The molecule has 106 valence electrons. The van der Waals surface area contributed by atoms with E-state index < -0.39 is 16.1 Å².